The van der Waals surface area contributed by atoms with Gasteiger partial charge in [0.05, 0.1) is 11.7 Å². The fourth-order valence-electron chi connectivity index (χ4n) is 0.945. The van der Waals surface area contributed by atoms with Gasteiger partial charge in [-0.05, 0) is 19.3 Å². The second-order valence-electron chi connectivity index (χ2n) is 3.21. The van der Waals surface area contributed by atoms with Crippen LogP contribution < -0.4 is 5.73 Å². The van der Waals surface area contributed by atoms with Crippen LogP contribution in [0.4, 0.5) is 0 Å². The van der Waals surface area contributed by atoms with Crippen LogP contribution >= 0.6 is 11.3 Å². The highest BCUT2D eigenvalue weighted by Crippen LogP contribution is 2.23. The highest BCUT2D eigenvalue weighted by Gasteiger charge is 2.09. The number of hydrogen-bond donors (Lipinski definition) is 1. The van der Waals surface area contributed by atoms with E-state index in [0.29, 0.717) is 5.92 Å². The third-order valence-electron chi connectivity index (χ3n) is 2.05. The van der Waals surface area contributed by atoms with Gasteiger partial charge in [0, 0.05) is 5.38 Å². The van der Waals surface area contributed by atoms with Gasteiger partial charge in [0.15, 0.2) is 0 Å². The van der Waals surface area contributed by atoms with Crippen molar-refractivity contribution in [3.8, 4) is 0 Å². The molecule has 0 aliphatic heterocycles. The summed E-state index contributed by atoms with van der Waals surface area (Å²) < 4.78 is 0. The number of nitrogens with zero attached hydrogens (tertiary/aromatic N) is 1. The van der Waals surface area contributed by atoms with Crippen molar-refractivity contribution in [1.82, 2.24) is 4.98 Å². The first-order valence-corrected chi connectivity index (χ1v) is 5.24. The average Bonchev–Trinajstić information content (AvgIpc) is 2.51. The molecule has 68 valence electrons. The molecular weight excluding hydrogens is 168 g/mol. The second-order valence-corrected chi connectivity index (χ2v) is 4.10. The third kappa shape index (κ3) is 2.05. The zero-order valence-corrected chi connectivity index (χ0v) is 8.69. The molecule has 1 aromatic heterocycles. The van der Waals surface area contributed by atoms with Crippen LogP contribution in [0.1, 0.15) is 49.9 Å². The minimum absolute atomic E-state index is 0.0767. The molecule has 0 aliphatic rings. The first-order valence-electron chi connectivity index (χ1n) is 4.36. The summed E-state index contributed by atoms with van der Waals surface area (Å²) >= 11 is 1.67. The van der Waals surface area contributed by atoms with E-state index < -0.39 is 0 Å². The van der Waals surface area contributed by atoms with Crippen LogP contribution in [0, 0.1) is 0 Å². The zero-order valence-electron chi connectivity index (χ0n) is 7.87. The van der Waals surface area contributed by atoms with Crippen LogP contribution in [0.5, 0.6) is 0 Å². The van der Waals surface area contributed by atoms with E-state index >= 15 is 0 Å². The molecule has 1 aromatic rings. The highest BCUT2D eigenvalue weighted by molar-refractivity contribution is 7.09. The molecule has 2 unspecified atom stereocenters. The lowest BCUT2D eigenvalue weighted by molar-refractivity contribution is 0.700. The minimum atomic E-state index is 0.0767. The van der Waals surface area contributed by atoms with Crippen molar-refractivity contribution >= 4 is 11.3 Å². The van der Waals surface area contributed by atoms with E-state index in [0.717, 1.165) is 11.4 Å². The lowest BCUT2D eigenvalue weighted by atomic mass is 10.1. The van der Waals surface area contributed by atoms with Gasteiger partial charge in [-0.1, -0.05) is 13.8 Å². The molecule has 3 heteroatoms. The molecule has 0 aromatic carbocycles. The van der Waals surface area contributed by atoms with E-state index in [9.17, 15) is 0 Å². The number of thiazole rings is 1. The van der Waals surface area contributed by atoms with Crippen LogP contribution in [0.2, 0.25) is 0 Å². The lowest BCUT2D eigenvalue weighted by Gasteiger charge is -2.03. The molecule has 1 heterocycles. The molecule has 1 rings (SSSR count). The first kappa shape index (κ1) is 9.68. The van der Waals surface area contributed by atoms with E-state index in [1.54, 1.807) is 11.3 Å². The van der Waals surface area contributed by atoms with Crippen LogP contribution in [-0.2, 0) is 0 Å². The van der Waals surface area contributed by atoms with Crippen LogP contribution in [0.25, 0.3) is 0 Å². The highest BCUT2D eigenvalue weighted by atomic mass is 32.1. The van der Waals surface area contributed by atoms with Crippen molar-refractivity contribution in [2.75, 3.05) is 0 Å². The summed E-state index contributed by atoms with van der Waals surface area (Å²) in [6, 6.07) is 0.0767. The van der Waals surface area contributed by atoms with Crippen molar-refractivity contribution in [2.24, 2.45) is 5.73 Å². The van der Waals surface area contributed by atoms with Crippen molar-refractivity contribution in [1.29, 1.82) is 0 Å². The number of hydrogen-bond acceptors (Lipinski definition) is 3. The number of nitrogens with two attached hydrogens (primary N) is 1. The Kier molecular flexibility index (Phi) is 3.23. The minimum Gasteiger partial charge on any atom is -0.322 e. The van der Waals surface area contributed by atoms with Gasteiger partial charge in [-0.2, -0.15) is 0 Å². The van der Waals surface area contributed by atoms with Crippen LogP contribution in [0.15, 0.2) is 5.38 Å². The largest absolute Gasteiger partial charge is 0.322 e. The molecule has 2 atom stereocenters. The summed E-state index contributed by atoms with van der Waals surface area (Å²) in [6.45, 7) is 6.34. The normalized spacial score (nSPS) is 16.0. The summed E-state index contributed by atoms with van der Waals surface area (Å²) in [4.78, 5) is 4.47. The predicted octanol–water partition coefficient (Wildman–Crippen LogP) is 2.68. The van der Waals surface area contributed by atoms with Gasteiger partial charge in [-0.25, -0.2) is 4.98 Å². The summed E-state index contributed by atoms with van der Waals surface area (Å²) in [5, 5.41) is 3.16. The zero-order chi connectivity index (χ0) is 9.14. The molecule has 2 N–H and O–H groups in total. The first-order chi connectivity index (χ1) is 5.65. The quantitative estimate of drug-likeness (QED) is 0.784. The van der Waals surface area contributed by atoms with Crippen LogP contribution in [0.3, 0.4) is 0 Å². The molecule has 0 fully saturated rings. The van der Waals surface area contributed by atoms with E-state index in [-0.39, 0.29) is 6.04 Å². The van der Waals surface area contributed by atoms with Gasteiger partial charge in [-0.15, -0.1) is 11.3 Å². The lowest BCUT2D eigenvalue weighted by Crippen LogP contribution is -2.04. The molecule has 12 heavy (non-hydrogen) atoms. The second kappa shape index (κ2) is 4.01. The molecule has 0 bridgehead atoms. The SMILES string of the molecule is CCC(C)c1csc(C(C)N)n1. The van der Waals surface area contributed by atoms with Gasteiger partial charge >= 0.3 is 0 Å². The van der Waals surface area contributed by atoms with Gasteiger partial charge in [-0.3, -0.25) is 0 Å². The van der Waals surface area contributed by atoms with Crippen molar-refractivity contribution in [3.63, 3.8) is 0 Å². The summed E-state index contributed by atoms with van der Waals surface area (Å²) in [5.74, 6) is 0.564. The van der Waals surface area contributed by atoms with Gasteiger partial charge in [0.25, 0.3) is 0 Å². The smallest absolute Gasteiger partial charge is 0.109 e. The van der Waals surface area contributed by atoms with Crippen molar-refractivity contribution in [3.05, 3.63) is 16.1 Å². The number of aromatic nitrogens is 1. The molecular formula is C9H16N2S. The summed E-state index contributed by atoms with van der Waals surface area (Å²) in [5.41, 5.74) is 6.91. The van der Waals surface area contributed by atoms with E-state index in [1.165, 1.54) is 5.69 Å². The molecule has 0 amide bonds. The van der Waals surface area contributed by atoms with Gasteiger partial charge in [0.1, 0.15) is 5.01 Å². The summed E-state index contributed by atoms with van der Waals surface area (Å²) in [6.07, 6.45) is 1.14. The Morgan fingerprint density at radius 2 is 2.25 bits per heavy atom. The molecule has 0 radical (unpaired) electrons. The van der Waals surface area contributed by atoms with E-state index in [2.05, 4.69) is 24.2 Å². The van der Waals surface area contributed by atoms with Crippen LogP contribution in [-0.4, -0.2) is 4.98 Å². The maximum atomic E-state index is 5.72. The topological polar surface area (TPSA) is 38.9 Å². The Hall–Kier alpha value is -0.410. The molecule has 2 nitrogen and oxygen atoms in total. The maximum Gasteiger partial charge on any atom is 0.109 e. The fourth-order valence-corrected chi connectivity index (χ4v) is 1.84. The molecule has 0 spiro atoms. The van der Waals surface area contributed by atoms with E-state index in [1.807, 2.05) is 6.92 Å². The van der Waals surface area contributed by atoms with Gasteiger partial charge in [0.2, 0.25) is 0 Å². The van der Waals surface area contributed by atoms with Gasteiger partial charge < -0.3 is 5.73 Å². The summed E-state index contributed by atoms with van der Waals surface area (Å²) in [7, 11) is 0. The standard InChI is InChI=1S/C9H16N2S/c1-4-6(2)8-5-12-9(11-8)7(3)10/h5-7H,4,10H2,1-3H3. The Balaban J connectivity index is 2.77. The molecule has 0 aliphatic carbocycles. The Bertz CT molecular complexity index is 242. The molecule has 0 saturated carbocycles. The Labute approximate surface area is 77.8 Å². The van der Waals surface area contributed by atoms with Crippen molar-refractivity contribution in [2.45, 2.75) is 39.2 Å². The molecule has 0 saturated heterocycles. The van der Waals surface area contributed by atoms with Crippen molar-refractivity contribution < 1.29 is 0 Å². The third-order valence-corrected chi connectivity index (χ3v) is 3.11. The number of rotatable bonds is 3. The fraction of sp³-hybridized carbons (Fsp3) is 0.667. The maximum absolute atomic E-state index is 5.72. The monoisotopic (exact) mass is 184 g/mol. The average molecular weight is 184 g/mol. The van der Waals surface area contributed by atoms with E-state index in [4.69, 9.17) is 5.73 Å². The Morgan fingerprint density at radius 3 is 2.67 bits per heavy atom. The Morgan fingerprint density at radius 1 is 1.58 bits per heavy atom. The predicted molar refractivity (Wildman–Crippen MR) is 53.4 cm³/mol.